The number of nitrogens with zero attached hydrogens (tertiary/aromatic N) is 3. The summed E-state index contributed by atoms with van der Waals surface area (Å²) in [7, 11) is -3.69. The lowest BCUT2D eigenvalue weighted by Gasteiger charge is -2.18. The summed E-state index contributed by atoms with van der Waals surface area (Å²) in [5, 5.41) is 1.58. The third kappa shape index (κ3) is 2.40. The monoisotopic (exact) mass is 441 g/mol. The minimum atomic E-state index is -3.69. The maximum Gasteiger partial charge on any atom is 0.265 e. The molecule has 0 bridgehead atoms. The molecule has 0 saturated carbocycles. The molecule has 0 spiro atoms. The van der Waals surface area contributed by atoms with Gasteiger partial charge in [-0.05, 0) is 45.6 Å². The van der Waals surface area contributed by atoms with E-state index in [1.807, 2.05) is 18.2 Å². The van der Waals surface area contributed by atoms with E-state index in [0.717, 1.165) is 9.86 Å². The lowest BCUT2D eigenvalue weighted by molar-refractivity contribution is 0.593. The van der Waals surface area contributed by atoms with E-state index in [-0.39, 0.29) is 17.0 Å². The molecule has 0 unspecified atom stereocenters. The van der Waals surface area contributed by atoms with Crippen LogP contribution in [0.15, 0.2) is 75.0 Å². The normalized spacial score (nSPS) is 14.9. The second-order valence-corrected chi connectivity index (χ2v) is 9.05. The van der Waals surface area contributed by atoms with Gasteiger partial charge in [0.15, 0.2) is 0 Å². The first-order chi connectivity index (χ1) is 12.9. The number of pyridine rings is 1. The van der Waals surface area contributed by atoms with Crippen LogP contribution in [0.2, 0.25) is 0 Å². The van der Waals surface area contributed by atoms with Gasteiger partial charge >= 0.3 is 0 Å². The van der Waals surface area contributed by atoms with Crippen molar-refractivity contribution in [3.63, 3.8) is 0 Å². The Hall–Kier alpha value is -2.71. The summed E-state index contributed by atoms with van der Waals surface area (Å²) in [4.78, 5) is 17.2. The molecule has 2 aromatic heterocycles. The predicted octanol–water partition coefficient (Wildman–Crippen LogP) is 3.32. The number of rotatable bonds is 2. The summed E-state index contributed by atoms with van der Waals surface area (Å²) >= 11 is 3.33. The minimum Gasteiger partial charge on any atom is -0.269 e. The van der Waals surface area contributed by atoms with E-state index in [0.29, 0.717) is 22.4 Å². The minimum absolute atomic E-state index is 0.00205. The Labute approximate surface area is 162 Å². The Morgan fingerprint density at radius 1 is 1.04 bits per heavy atom. The van der Waals surface area contributed by atoms with Crippen LogP contribution in [-0.2, 0) is 16.6 Å². The van der Waals surface area contributed by atoms with Crippen LogP contribution < -0.4 is 9.86 Å². The van der Waals surface area contributed by atoms with Crippen molar-refractivity contribution in [3.8, 4) is 0 Å². The van der Waals surface area contributed by atoms with Crippen LogP contribution in [0.3, 0.4) is 0 Å². The van der Waals surface area contributed by atoms with Gasteiger partial charge in [0.05, 0.1) is 22.8 Å². The van der Waals surface area contributed by atoms with E-state index >= 15 is 0 Å². The van der Waals surface area contributed by atoms with Crippen molar-refractivity contribution in [2.24, 2.45) is 0 Å². The van der Waals surface area contributed by atoms with Crippen LogP contribution in [0.5, 0.6) is 0 Å². The molecule has 0 aliphatic carbocycles. The van der Waals surface area contributed by atoms with Gasteiger partial charge in [0.2, 0.25) is 0 Å². The average Bonchev–Trinajstić information content (AvgIpc) is 2.86. The third-order valence-electron chi connectivity index (χ3n) is 4.66. The molecule has 1 aliphatic heterocycles. The van der Waals surface area contributed by atoms with Crippen molar-refractivity contribution >= 4 is 48.1 Å². The molecule has 0 saturated heterocycles. The SMILES string of the molecule is O=c1cc(CN2c3cccc4cccc(c34)S2(=O)=O)nc2ccc(Br)cn12. The molecular formula is C19H12BrN3O3S. The molecule has 27 heavy (non-hydrogen) atoms. The summed E-state index contributed by atoms with van der Waals surface area (Å²) in [5.74, 6) is 0. The van der Waals surface area contributed by atoms with E-state index in [1.54, 1.807) is 36.5 Å². The highest BCUT2D eigenvalue weighted by molar-refractivity contribution is 9.10. The highest BCUT2D eigenvalue weighted by Gasteiger charge is 2.35. The molecule has 134 valence electrons. The molecule has 8 heteroatoms. The number of aromatic nitrogens is 2. The number of hydrogen-bond donors (Lipinski definition) is 0. The fraction of sp³-hybridized carbons (Fsp3) is 0.0526. The number of sulfonamides is 1. The number of hydrogen-bond acceptors (Lipinski definition) is 4. The van der Waals surface area contributed by atoms with Crippen LogP contribution in [0.25, 0.3) is 16.4 Å². The Morgan fingerprint density at radius 2 is 1.81 bits per heavy atom. The van der Waals surface area contributed by atoms with Crippen molar-refractivity contribution < 1.29 is 8.42 Å². The molecule has 0 radical (unpaired) electrons. The van der Waals surface area contributed by atoms with E-state index < -0.39 is 10.0 Å². The van der Waals surface area contributed by atoms with E-state index in [4.69, 9.17) is 0 Å². The lowest BCUT2D eigenvalue weighted by atomic mass is 10.1. The summed E-state index contributed by atoms with van der Waals surface area (Å²) in [6.45, 7) is -0.00205. The van der Waals surface area contributed by atoms with Crippen molar-refractivity contribution in [1.82, 2.24) is 9.38 Å². The van der Waals surface area contributed by atoms with Crippen LogP contribution >= 0.6 is 15.9 Å². The molecule has 0 amide bonds. The van der Waals surface area contributed by atoms with Gasteiger partial charge in [-0.1, -0.05) is 24.3 Å². The Bertz CT molecular complexity index is 1410. The van der Waals surface area contributed by atoms with Gasteiger partial charge in [-0.15, -0.1) is 0 Å². The van der Waals surface area contributed by atoms with Crippen LogP contribution in [-0.4, -0.2) is 17.8 Å². The van der Waals surface area contributed by atoms with Crippen molar-refractivity contribution in [2.75, 3.05) is 4.31 Å². The molecule has 6 nitrogen and oxygen atoms in total. The fourth-order valence-electron chi connectivity index (χ4n) is 3.48. The molecule has 0 atom stereocenters. The average molecular weight is 442 g/mol. The van der Waals surface area contributed by atoms with Crippen LogP contribution in [0.1, 0.15) is 5.69 Å². The van der Waals surface area contributed by atoms with Crippen molar-refractivity contribution in [2.45, 2.75) is 11.4 Å². The van der Waals surface area contributed by atoms with E-state index in [9.17, 15) is 13.2 Å². The third-order valence-corrected chi connectivity index (χ3v) is 6.93. The fourth-order valence-corrected chi connectivity index (χ4v) is 5.50. The van der Waals surface area contributed by atoms with Crippen LogP contribution in [0.4, 0.5) is 5.69 Å². The predicted molar refractivity (Wildman–Crippen MR) is 106 cm³/mol. The number of benzene rings is 2. The Morgan fingerprint density at radius 3 is 2.63 bits per heavy atom. The second kappa shape index (κ2) is 5.64. The lowest BCUT2D eigenvalue weighted by Crippen LogP contribution is -2.28. The smallest absolute Gasteiger partial charge is 0.265 e. The molecule has 3 heterocycles. The topological polar surface area (TPSA) is 71.8 Å². The quantitative estimate of drug-likeness (QED) is 0.478. The first-order valence-electron chi connectivity index (χ1n) is 8.17. The van der Waals surface area contributed by atoms with Gasteiger partial charge in [-0.2, -0.15) is 0 Å². The summed E-state index contributed by atoms with van der Waals surface area (Å²) in [6, 6.07) is 15.6. The summed E-state index contributed by atoms with van der Waals surface area (Å²) in [6.07, 6.45) is 1.64. The summed E-state index contributed by atoms with van der Waals surface area (Å²) in [5.41, 5.74) is 1.22. The molecule has 0 N–H and O–H groups in total. The van der Waals surface area contributed by atoms with Crippen LogP contribution in [0, 0.1) is 0 Å². The van der Waals surface area contributed by atoms with Gasteiger partial charge in [0.25, 0.3) is 15.6 Å². The number of fused-ring (bicyclic) bond motifs is 1. The summed E-state index contributed by atoms with van der Waals surface area (Å²) < 4.78 is 29.6. The molecule has 5 rings (SSSR count). The van der Waals surface area contributed by atoms with Gasteiger partial charge in [-0.25, -0.2) is 13.4 Å². The number of anilines is 1. The first kappa shape index (κ1) is 16.5. The first-order valence-corrected chi connectivity index (χ1v) is 10.4. The highest BCUT2D eigenvalue weighted by atomic mass is 79.9. The van der Waals surface area contributed by atoms with Gasteiger partial charge in [-0.3, -0.25) is 13.5 Å². The molecular weight excluding hydrogens is 430 g/mol. The van der Waals surface area contributed by atoms with Crippen molar-refractivity contribution in [1.29, 1.82) is 0 Å². The zero-order chi connectivity index (χ0) is 18.8. The number of halogens is 1. The van der Waals surface area contributed by atoms with Gasteiger partial charge < -0.3 is 0 Å². The van der Waals surface area contributed by atoms with E-state index in [1.165, 1.54) is 14.8 Å². The Balaban J connectivity index is 1.67. The van der Waals surface area contributed by atoms with E-state index in [2.05, 4.69) is 20.9 Å². The maximum absolute atomic E-state index is 13.1. The van der Waals surface area contributed by atoms with Gasteiger partial charge in [0, 0.05) is 22.1 Å². The molecule has 2 aromatic carbocycles. The molecule has 4 aromatic rings. The maximum atomic E-state index is 13.1. The zero-order valence-electron chi connectivity index (χ0n) is 13.8. The van der Waals surface area contributed by atoms with Crippen molar-refractivity contribution in [3.05, 3.63) is 81.3 Å². The van der Waals surface area contributed by atoms with Gasteiger partial charge in [0.1, 0.15) is 5.65 Å². The molecule has 0 fully saturated rings. The largest absolute Gasteiger partial charge is 0.269 e. The highest BCUT2D eigenvalue weighted by Crippen LogP contribution is 2.42. The Kier molecular flexibility index (Phi) is 3.44. The zero-order valence-corrected chi connectivity index (χ0v) is 16.2. The second-order valence-electron chi connectivity index (χ2n) is 6.30. The standard InChI is InChI=1S/C19H12BrN3O3S/c20-13-7-8-17-21-14(9-18(24)22(17)10-13)11-23-15-5-1-3-12-4-2-6-16(19(12)15)27(23,25)26/h1-10H,11H2. The molecule has 1 aliphatic rings.